The van der Waals surface area contributed by atoms with Gasteiger partial charge in [0.2, 0.25) is 0 Å². The quantitative estimate of drug-likeness (QED) is 0.121. The molecule has 54 heavy (non-hydrogen) atoms. The highest BCUT2D eigenvalue weighted by molar-refractivity contribution is 14.1. The maximum Gasteiger partial charge on any atom is 0.298 e. The fourth-order valence-corrected chi connectivity index (χ4v) is 11.7. The van der Waals surface area contributed by atoms with Crippen LogP contribution in [0.4, 0.5) is 26.0 Å². The van der Waals surface area contributed by atoms with Gasteiger partial charge in [-0.2, -0.15) is 5.10 Å². The van der Waals surface area contributed by atoms with Gasteiger partial charge >= 0.3 is 0 Å². The van der Waals surface area contributed by atoms with Crippen LogP contribution >= 0.6 is 56.5 Å². The van der Waals surface area contributed by atoms with Crippen molar-refractivity contribution >= 4 is 84.1 Å². The minimum atomic E-state index is -1.69. The van der Waals surface area contributed by atoms with Crippen LogP contribution in [0, 0.1) is 11.6 Å². The monoisotopic (exact) mass is 977 g/mol. The molecule has 5 heterocycles. The number of para-hydroxylation sites is 1. The number of aliphatic hydroxyl groups is 1. The van der Waals surface area contributed by atoms with Crippen molar-refractivity contribution in [2.45, 2.75) is 32.6 Å². The van der Waals surface area contributed by atoms with Crippen LogP contribution in [0.5, 0.6) is 5.75 Å². The summed E-state index contributed by atoms with van der Waals surface area (Å²) < 4.78 is 38.2. The number of aromatic nitrogens is 5. The Morgan fingerprint density at radius 3 is 2.56 bits per heavy atom. The molecule has 12 nitrogen and oxygen atoms in total. The number of likely N-dealkylation sites (tertiary alicyclic amines) is 1. The Balaban J connectivity index is 1.01. The Morgan fingerprint density at radius 2 is 1.81 bits per heavy atom. The number of alkyl halides is 2. The number of nitrogens with one attached hydrogen (secondary N) is 1. The summed E-state index contributed by atoms with van der Waals surface area (Å²) in [5.41, 5.74) is 7.37. The largest absolute Gasteiger partial charge is 0.490 e. The molecule has 8 rings (SSSR count). The lowest BCUT2D eigenvalue weighted by molar-refractivity contribution is -0.0250. The topological polar surface area (TPSA) is 140 Å². The number of ether oxygens (including phenoxy) is 1. The van der Waals surface area contributed by atoms with E-state index in [9.17, 15) is 14.3 Å². The van der Waals surface area contributed by atoms with E-state index in [1.165, 1.54) is 34.7 Å². The minimum absolute atomic E-state index is 0.00406. The molecular weight excluding hydrogens is 942 g/mol. The van der Waals surface area contributed by atoms with Crippen molar-refractivity contribution < 1.29 is 18.6 Å². The zero-order chi connectivity index (χ0) is 37.6. The molecule has 1 fully saturated rings. The molecule has 0 spiro atoms. The first-order valence-electron chi connectivity index (χ1n) is 17.2. The third-order valence-electron chi connectivity index (χ3n) is 9.73. The summed E-state index contributed by atoms with van der Waals surface area (Å²) in [5.74, 6) is -0.860. The fraction of sp³-hybridized carbons (Fsp3) is 0.297. The molecule has 2 unspecified atom stereocenters. The Morgan fingerprint density at radius 1 is 1.02 bits per heavy atom. The van der Waals surface area contributed by atoms with Gasteiger partial charge in [-0.15, -0.1) is 11.3 Å². The number of fused-ring (bicyclic) bond motifs is 2. The van der Waals surface area contributed by atoms with E-state index in [4.69, 9.17) is 10.5 Å². The number of halogens is 4. The van der Waals surface area contributed by atoms with Gasteiger partial charge in [0.05, 0.1) is 30.0 Å². The second-order valence-corrected chi connectivity index (χ2v) is 17.7. The van der Waals surface area contributed by atoms with Gasteiger partial charge in [0.15, 0.2) is 5.82 Å². The standard InChI is InChI=1S/C37H35F2I2N9O3S/c38-22-6-8-26(27(39)12-22)37(52,19-48-21-43-20-45-48)18-47-16-28(40)33(29(41)17-47)44-15-25-14-31-35(54-25)46-34(42)36(51)50(31)24-7-9-32-30(13-24)49(10-11-53-32)23-4-2-1-3-5-23/h1-9,12-14,20-21,28-29,33,44,52H,10-11,15-19H2,(H2,42,46)/t28-,29+,33?,37?. The maximum atomic E-state index is 15.1. The number of anilines is 3. The van der Waals surface area contributed by atoms with Crippen molar-refractivity contribution in [3.05, 3.63) is 118 Å². The van der Waals surface area contributed by atoms with E-state index in [1.807, 2.05) is 42.5 Å². The predicted octanol–water partition coefficient (Wildman–Crippen LogP) is 5.40. The molecule has 0 radical (unpaired) electrons. The third kappa shape index (κ3) is 7.45. The van der Waals surface area contributed by atoms with E-state index in [0.717, 1.165) is 34.1 Å². The molecular formula is C37H35F2I2N9O3S. The first kappa shape index (κ1) is 37.2. The van der Waals surface area contributed by atoms with Gasteiger partial charge in [-0.3, -0.25) is 14.3 Å². The smallest absolute Gasteiger partial charge is 0.298 e. The fourth-order valence-electron chi connectivity index (χ4n) is 7.27. The van der Waals surface area contributed by atoms with Gasteiger partial charge in [0.1, 0.15) is 47.1 Å². The molecule has 6 aromatic rings. The lowest BCUT2D eigenvalue weighted by atomic mass is 9.91. The summed E-state index contributed by atoms with van der Waals surface area (Å²) in [6.07, 6.45) is 2.81. The molecule has 4 atom stereocenters. The van der Waals surface area contributed by atoms with Crippen LogP contribution < -0.4 is 26.2 Å². The summed E-state index contributed by atoms with van der Waals surface area (Å²) in [5, 5.41) is 19.8. The molecule has 1 saturated heterocycles. The van der Waals surface area contributed by atoms with Crippen molar-refractivity contribution in [1.82, 2.24) is 34.5 Å². The number of nitrogens with zero attached hydrogens (tertiary/aromatic N) is 7. The third-order valence-corrected chi connectivity index (χ3v) is 13.1. The molecule has 280 valence electrons. The van der Waals surface area contributed by atoms with Crippen LogP contribution in [-0.2, 0) is 18.7 Å². The normalized spacial score (nSPS) is 20.1. The van der Waals surface area contributed by atoms with Gasteiger partial charge in [0, 0.05) is 62.3 Å². The predicted molar refractivity (Wildman–Crippen MR) is 222 cm³/mol. The van der Waals surface area contributed by atoms with E-state index >= 15 is 4.39 Å². The number of nitrogens with two attached hydrogens (primary N) is 1. The number of hydrogen-bond donors (Lipinski definition) is 3. The van der Waals surface area contributed by atoms with Crippen LogP contribution in [0.2, 0.25) is 0 Å². The van der Waals surface area contributed by atoms with Gasteiger partial charge in [0.25, 0.3) is 5.56 Å². The highest BCUT2D eigenvalue weighted by Crippen LogP contribution is 2.39. The Bertz CT molecular complexity index is 2340. The lowest BCUT2D eigenvalue weighted by Gasteiger charge is -2.43. The first-order valence-corrected chi connectivity index (χ1v) is 20.5. The second kappa shape index (κ2) is 15.4. The van der Waals surface area contributed by atoms with Gasteiger partial charge in [-0.1, -0.05) is 69.4 Å². The van der Waals surface area contributed by atoms with Crippen LogP contribution in [-0.4, -0.2) is 81.0 Å². The average Bonchev–Trinajstić information content (AvgIpc) is 3.81. The van der Waals surface area contributed by atoms with Crippen molar-refractivity contribution in [3.8, 4) is 11.4 Å². The zero-order valence-corrected chi connectivity index (χ0v) is 33.8. The van der Waals surface area contributed by atoms with Crippen molar-refractivity contribution in [2.24, 2.45) is 0 Å². The van der Waals surface area contributed by atoms with Gasteiger partial charge in [-0.25, -0.2) is 23.4 Å². The number of rotatable bonds is 10. The summed E-state index contributed by atoms with van der Waals surface area (Å²) in [6.45, 7) is 3.05. The SMILES string of the molecule is Nc1nc2sc(CNC3[C@H](I)CN(CC(O)(Cn4cncn4)c4ccc(F)cc4F)C[C@@H]3I)cc2n(-c2ccc3c(c2)N(c2ccccc2)CCO3)c1=O. The number of benzene rings is 3. The molecule has 3 aromatic carbocycles. The Hall–Kier alpha value is -3.76. The van der Waals surface area contributed by atoms with E-state index in [2.05, 4.69) is 87.5 Å². The molecule has 4 N–H and O–H groups in total. The summed E-state index contributed by atoms with van der Waals surface area (Å²) >= 11 is 6.33. The van der Waals surface area contributed by atoms with Crippen molar-refractivity contribution in [1.29, 1.82) is 0 Å². The van der Waals surface area contributed by atoms with E-state index in [1.54, 1.807) is 4.57 Å². The number of piperidine rings is 1. The maximum absolute atomic E-state index is 15.1. The summed E-state index contributed by atoms with van der Waals surface area (Å²) in [4.78, 5) is 28.0. The number of hydrogen-bond acceptors (Lipinski definition) is 11. The lowest BCUT2D eigenvalue weighted by Crippen LogP contribution is -2.59. The van der Waals surface area contributed by atoms with Crippen molar-refractivity contribution in [2.75, 3.05) is 43.4 Å². The highest BCUT2D eigenvalue weighted by atomic mass is 127. The average molecular weight is 978 g/mol. The molecule has 3 aromatic heterocycles. The Kier molecular flexibility index (Phi) is 10.6. The molecule has 0 amide bonds. The summed E-state index contributed by atoms with van der Waals surface area (Å²) in [7, 11) is 0. The first-order chi connectivity index (χ1) is 26.1. The minimum Gasteiger partial charge on any atom is -0.490 e. The molecule has 0 bridgehead atoms. The zero-order valence-electron chi connectivity index (χ0n) is 28.7. The van der Waals surface area contributed by atoms with Crippen molar-refractivity contribution in [3.63, 3.8) is 0 Å². The van der Waals surface area contributed by atoms with Crippen LogP contribution in [0.15, 0.2) is 90.2 Å². The van der Waals surface area contributed by atoms with Crippen LogP contribution in [0.25, 0.3) is 16.0 Å². The second-order valence-electron chi connectivity index (χ2n) is 13.4. The number of β-amino-alcohol motifs (C(OH)–C–C–N with tert-alkyl or cyclic N) is 1. The summed E-state index contributed by atoms with van der Waals surface area (Å²) in [6, 6.07) is 21.1. The highest BCUT2D eigenvalue weighted by Gasteiger charge is 2.40. The molecule has 0 aliphatic carbocycles. The van der Waals surface area contributed by atoms with Crippen LogP contribution in [0.1, 0.15) is 10.4 Å². The Labute approximate surface area is 340 Å². The molecule has 17 heteroatoms. The van der Waals surface area contributed by atoms with Gasteiger partial charge in [-0.05, 0) is 42.5 Å². The molecule has 2 aliphatic rings. The molecule has 2 aliphatic heterocycles. The van der Waals surface area contributed by atoms with Gasteiger partial charge < -0.3 is 25.8 Å². The number of thiophene rings is 1. The van der Waals surface area contributed by atoms with E-state index < -0.39 is 17.2 Å². The van der Waals surface area contributed by atoms with E-state index in [0.29, 0.717) is 48.8 Å². The van der Waals surface area contributed by atoms with Crippen LogP contribution in [0.3, 0.4) is 0 Å². The van der Waals surface area contributed by atoms with E-state index in [-0.39, 0.29) is 43.9 Å². The molecule has 0 saturated carbocycles. The number of nitrogen functional groups attached to an aromatic ring is 1.